The molecule has 29 heavy (non-hydrogen) atoms. The maximum Gasteiger partial charge on any atom is 0.273 e. The molecule has 2 atom stereocenters. The summed E-state index contributed by atoms with van der Waals surface area (Å²) in [5, 5.41) is 14.8. The van der Waals surface area contributed by atoms with Crippen molar-refractivity contribution in [3.05, 3.63) is 23.9 Å². The maximum atomic E-state index is 11.8. The molecule has 0 saturated heterocycles. The first-order chi connectivity index (χ1) is 14.0. The lowest BCUT2D eigenvalue weighted by Crippen LogP contribution is -2.43. The zero-order valence-corrected chi connectivity index (χ0v) is 16.7. The largest absolute Gasteiger partial charge is 0.497 e. The van der Waals surface area contributed by atoms with Crippen molar-refractivity contribution >= 4 is 44.4 Å². The molecule has 0 aliphatic heterocycles. The number of fused-ring (bicyclic) bond motifs is 1. The normalized spacial score (nSPS) is 19.1. The Kier molecular flexibility index (Phi) is 5.41. The van der Waals surface area contributed by atoms with Crippen LogP contribution in [0.1, 0.15) is 36.2 Å². The zero-order chi connectivity index (χ0) is 20.4. The number of nitrogens with zero attached hydrogens (tertiary/aromatic N) is 4. The first-order valence-corrected chi connectivity index (χ1v) is 10.1. The van der Waals surface area contributed by atoms with Gasteiger partial charge in [0.25, 0.3) is 5.91 Å². The highest BCUT2D eigenvalue weighted by molar-refractivity contribution is 7.22. The number of anilines is 3. The average molecular weight is 414 g/mol. The van der Waals surface area contributed by atoms with Gasteiger partial charge in [0.1, 0.15) is 5.75 Å². The number of hydrogen-bond donors (Lipinski definition) is 4. The molecule has 1 aliphatic rings. The lowest BCUT2D eigenvalue weighted by atomic mass is 9.91. The van der Waals surface area contributed by atoms with Crippen LogP contribution in [0.15, 0.2) is 18.2 Å². The Balaban J connectivity index is 1.61. The van der Waals surface area contributed by atoms with E-state index in [2.05, 4.69) is 30.8 Å². The number of nitrogens with one attached hydrogen (secondary N) is 2. The molecule has 1 aliphatic carbocycles. The fourth-order valence-corrected chi connectivity index (χ4v) is 4.18. The molecule has 1 saturated carbocycles. The minimum absolute atomic E-state index is 0.0267. The third-order valence-corrected chi connectivity index (χ3v) is 5.83. The Morgan fingerprint density at radius 1 is 1.24 bits per heavy atom. The third kappa shape index (κ3) is 4.20. The molecule has 152 valence electrons. The monoisotopic (exact) mass is 414 g/mol. The molecule has 1 aromatic carbocycles. The van der Waals surface area contributed by atoms with E-state index in [1.54, 1.807) is 7.11 Å². The van der Waals surface area contributed by atoms with E-state index >= 15 is 0 Å². The molecule has 1 fully saturated rings. The van der Waals surface area contributed by atoms with Crippen molar-refractivity contribution in [3.63, 3.8) is 0 Å². The molecular weight excluding hydrogens is 392 g/mol. The minimum atomic E-state index is -0.726. The number of amides is 1. The highest BCUT2D eigenvalue weighted by atomic mass is 32.1. The van der Waals surface area contributed by atoms with Crippen LogP contribution in [0.5, 0.6) is 5.75 Å². The van der Waals surface area contributed by atoms with Crippen molar-refractivity contribution < 1.29 is 9.53 Å². The second-order valence-corrected chi connectivity index (χ2v) is 7.90. The molecule has 10 nitrogen and oxygen atoms in total. The number of ether oxygens (including phenoxy) is 1. The molecule has 3 aromatic rings. The topological polar surface area (TPSA) is 154 Å². The predicted octanol–water partition coefficient (Wildman–Crippen LogP) is 2.01. The Hall–Kier alpha value is -3.05. The van der Waals surface area contributed by atoms with Gasteiger partial charge in [-0.15, -0.1) is 10.2 Å². The highest BCUT2D eigenvalue weighted by Gasteiger charge is 2.23. The lowest BCUT2D eigenvalue weighted by molar-refractivity contribution is 0.0995. The number of primary amides is 1. The SMILES string of the molecule is COc1ccc2sc(Nc3nc(N[C@@H]4CCCC[C@@H]4N)nnc3C(N)=O)nc2c1. The minimum Gasteiger partial charge on any atom is -0.497 e. The molecule has 0 bridgehead atoms. The first kappa shape index (κ1) is 19.3. The van der Waals surface area contributed by atoms with Crippen molar-refractivity contribution in [2.24, 2.45) is 11.5 Å². The number of aromatic nitrogens is 4. The first-order valence-electron chi connectivity index (χ1n) is 9.31. The van der Waals surface area contributed by atoms with Gasteiger partial charge in [-0.1, -0.05) is 24.2 Å². The molecule has 2 aromatic heterocycles. The molecule has 1 amide bonds. The number of nitrogens with two attached hydrogens (primary N) is 2. The van der Waals surface area contributed by atoms with Crippen LogP contribution < -0.4 is 26.8 Å². The van der Waals surface area contributed by atoms with Gasteiger partial charge in [-0.05, 0) is 25.0 Å². The van der Waals surface area contributed by atoms with Crippen LogP contribution in [0, 0.1) is 0 Å². The van der Waals surface area contributed by atoms with Gasteiger partial charge in [0, 0.05) is 18.2 Å². The van der Waals surface area contributed by atoms with Gasteiger partial charge in [0.05, 0.1) is 17.3 Å². The second-order valence-electron chi connectivity index (χ2n) is 6.87. The Morgan fingerprint density at radius 3 is 2.83 bits per heavy atom. The molecule has 6 N–H and O–H groups in total. The number of thiazole rings is 1. The fraction of sp³-hybridized carbons (Fsp3) is 0.389. The van der Waals surface area contributed by atoms with E-state index in [0.717, 1.165) is 35.9 Å². The predicted molar refractivity (Wildman–Crippen MR) is 112 cm³/mol. The van der Waals surface area contributed by atoms with Crippen molar-refractivity contribution in [3.8, 4) is 5.75 Å². The summed E-state index contributed by atoms with van der Waals surface area (Å²) in [6.45, 7) is 0. The van der Waals surface area contributed by atoms with E-state index in [4.69, 9.17) is 16.2 Å². The van der Waals surface area contributed by atoms with Crippen LogP contribution >= 0.6 is 11.3 Å². The summed E-state index contributed by atoms with van der Waals surface area (Å²) in [5.41, 5.74) is 12.3. The molecule has 2 heterocycles. The van der Waals surface area contributed by atoms with Gasteiger partial charge in [0.15, 0.2) is 16.6 Å². The van der Waals surface area contributed by atoms with E-state index in [0.29, 0.717) is 16.8 Å². The second kappa shape index (κ2) is 8.13. The summed E-state index contributed by atoms with van der Waals surface area (Å²) in [5.74, 6) is 0.482. The smallest absolute Gasteiger partial charge is 0.273 e. The number of rotatable bonds is 6. The van der Waals surface area contributed by atoms with Crippen LogP contribution in [0.4, 0.5) is 16.9 Å². The van der Waals surface area contributed by atoms with Crippen molar-refractivity contribution in [2.75, 3.05) is 17.7 Å². The molecule has 4 rings (SSSR count). The summed E-state index contributed by atoms with van der Waals surface area (Å²) in [4.78, 5) is 20.7. The van der Waals surface area contributed by atoms with Gasteiger partial charge >= 0.3 is 0 Å². The number of carbonyl (C=O) groups excluding carboxylic acids is 1. The third-order valence-electron chi connectivity index (χ3n) is 4.87. The van der Waals surface area contributed by atoms with Crippen molar-refractivity contribution in [1.82, 2.24) is 20.2 Å². The van der Waals surface area contributed by atoms with Crippen LogP contribution in [0.2, 0.25) is 0 Å². The van der Waals surface area contributed by atoms with Crippen LogP contribution in [0.25, 0.3) is 10.2 Å². The zero-order valence-electron chi connectivity index (χ0n) is 15.9. The van der Waals surface area contributed by atoms with E-state index in [1.807, 2.05) is 18.2 Å². The van der Waals surface area contributed by atoms with Crippen LogP contribution in [0.3, 0.4) is 0 Å². The standard InChI is InChI=1S/C18H22N8O2S/c1-28-9-6-7-13-12(8-9)22-18(29-13)24-16-14(15(20)27)25-26-17(23-16)21-11-5-3-2-4-10(11)19/h6-8,10-11H,2-5,19H2,1H3,(H2,20,27)(H2,21,22,23,24,26)/t10-,11+/m0/s1. The molecule has 11 heteroatoms. The van der Waals surface area contributed by atoms with E-state index < -0.39 is 5.91 Å². The summed E-state index contributed by atoms with van der Waals surface area (Å²) < 4.78 is 6.19. The number of carbonyl (C=O) groups is 1. The van der Waals surface area contributed by atoms with Gasteiger partial charge in [-0.2, -0.15) is 4.98 Å². The van der Waals surface area contributed by atoms with Crippen molar-refractivity contribution in [1.29, 1.82) is 0 Å². The Labute approximate surface area is 171 Å². The van der Waals surface area contributed by atoms with Crippen LogP contribution in [-0.2, 0) is 0 Å². The quantitative estimate of drug-likeness (QED) is 0.474. The molecular formula is C18H22N8O2S. The number of benzene rings is 1. The van der Waals surface area contributed by atoms with Gasteiger partial charge < -0.3 is 26.8 Å². The fourth-order valence-electron chi connectivity index (χ4n) is 3.33. The Bertz CT molecular complexity index is 1040. The number of methoxy groups -OCH3 is 1. The van der Waals surface area contributed by atoms with Gasteiger partial charge in [-0.3, -0.25) is 4.79 Å². The number of hydrogen-bond acceptors (Lipinski definition) is 10. The molecule has 0 spiro atoms. The van der Waals surface area contributed by atoms with Gasteiger partial charge in [-0.25, -0.2) is 4.98 Å². The van der Waals surface area contributed by atoms with Gasteiger partial charge in [0.2, 0.25) is 5.95 Å². The summed E-state index contributed by atoms with van der Waals surface area (Å²) >= 11 is 1.42. The Morgan fingerprint density at radius 2 is 2.07 bits per heavy atom. The summed E-state index contributed by atoms with van der Waals surface area (Å²) in [6.07, 6.45) is 4.10. The van der Waals surface area contributed by atoms with Crippen LogP contribution in [-0.4, -0.2) is 45.3 Å². The van der Waals surface area contributed by atoms with E-state index in [1.165, 1.54) is 11.3 Å². The summed E-state index contributed by atoms with van der Waals surface area (Å²) in [6, 6.07) is 5.70. The lowest BCUT2D eigenvalue weighted by Gasteiger charge is -2.29. The van der Waals surface area contributed by atoms with E-state index in [-0.39, 0.29) is 23.6 Å². The van der Waals surface area contributed by atoms with E-state index in [9.17, 15) is 4.79 Å². The molecule has 0 radical (unpaired) electrons. The average Bonchev–Trinajstić information content (AvgIpc) is 3.11. The van der Waals surface area contributed by atoms with Crippen molar-refractivity contribution in [2.45, 2.75) is 37.8 Å². The molecule has 0 unspecified atom stereocenters. The highest BCUT2D eigenvalue weighted by Crippen LogP contribution is 2.31. The maximum absolute atomic E-state index is 11.8. The summed E-state index contributed by atoms with van der Waals surface area (Å²) in [7, 11) is 1.60.